The van der Waals surface area contributed by atoms with Crippen molar-refractivity contribution < 1.29 is 4.79 Å². The van der Waals surface area contributed by atoms with Crippen molar-refractivity contribution in [1.29, 1.82) is 0 Å². The highest BCUT2D eigenvalue weighted by Gasteiger charge is 2.18. The first kappa shape index (κ1) is 14.0. The maximum atomic E-state index is 12.2. The van der Waals surface area contributed by atoms with Crippen LogP contribution in [0.2, 0.25) is 0 Å². The molecule has 1 aromatic heterocycles. The second-order valence-corrected chi connectivity index (χ2v) is 5.56. The minimum atomic E-state index is 0.0229. The number of benzene rings is 1. The number of carbonyl (C=O) groups excluding carboxylic acids is 1. The molecule has 1 aliphatic rings. The first-order valence-corrected chi connectivity index (χ1v) is 7.33. The first-order valence-electron chi connectivity index (χ1n) is 7.33. The molecule has 3 rings (SSSR count). The molecule has 0 spiro atoms. The van der Waals surface area contributed by atoms with Crippen molar-refractivity contribution >= 4 is 22.4 Å². The van der Waals surface area contributed by atoms with Gasteiger partial charge in [0.25, 0.3) is 0 Å². The van der Waals surface area contributed by atoms with Gasteiger partial charge in [-0.05, 0) is 25.0 Å². The summed E-state index contributed by atoms with van der Waals surface area (Å²) in [5.41, 5.74) is 6.72. The Kier molecular flexibility index (Phi) is 4.13. The highest BCUT2D eigenvalue weighted by Crippen LogP contribution is 2.22. The number of fused-ring (bicyclic) bond motifs is 1. The Labute approximate surface area is 124 Å². The fraction of sp³-hybridized carbons (Fsp3) is 0.375. The van der Waals surface area contributed by atoms with E-state index in [0.717, 1.165) is 42.4 Å². The zero-order chi connectivity index (χ0) is 14.7. The van der Waals surface area contributed by atoms with Crippen LogP contribution in [0.1, 0.15) is 12.8 Å². The van der Waals surface area contributed by atoms with Gasteiger partial charge in [-0.3, -0.25) is 14.7 Å². The number of aromatic nitrogens is 1. The molecular weight excluding hydrogens is 264 g/mol. The Morgan fingerprint density at radius 2 is 2.14 bits per heavy atom. The van der Waals surface area contributed by atoms with E-state index in [4.69, 9.17) is 5.73 Å². The number of likely N-dealkylation sites (tertiary alicyclic amines) is 1. The van der Waals surface area contributed by atoms with Crippen molar-refractivity contribution in [3.05, 3.63) is 36.7 Å². The monoisotopic (exact) mass is 284 g/mol. The Balaban J connectivity index is 1.66. The van der Waals surface area contributed by atoms with Gasteiger partial charge in [0.2, 0.25) is 5.91 Å². The average molecular weight is 284 g/mol. The minimum Gasteiger partial charge on any atom is -0.328 e. The molecule has 0 atom stereocenters. The quantitative estimate of drug-likeness (QED) is 0.898. The van der Waals surface area contributed by atoms with Crippen molar-refractivity contribution in [1.82, 2.24) is 9.88 Å². The number of piperidine rings is 1. The van der Waals surface area contributed by atoms with Crippen LogP contribution in [0, 0.1) is 0 Å². The Bertz CT molecular complexity index is 630. The van der Waals surface area contributed by atoms with Gasteiger partial charge in [-0.2, -0.15) is 0 Å². The van der Waals surface area contributed by atoms with Gasteiger partial charge >= 0.3 is 0 Å². The molecule has 5 nitrogen and oxygen atoms in total. The first-order chi connectivity index (χ1) is 10.2. The molecule has 1 aliphatic heterocycles. The normalized spacial score (nSPS) is 17.0. The number of nitrogens with zero attached hydrogens (tertiary/aromatic N) is 2. The van der Waals surface area contributed by atoms with Gasteiger partial charge < -0.3 is 11.1 Å². The van der Waals surface area contributed by atoms with Crippen molar-refractivity contribution in [3.63, 3.8) is 0 Å². The molecule has 0 unspecified atom stereocenters. The average Bonchev–Trinajstić information content (AvgIpc) is 2.50. The summed E-state index contributed by atoms with van der Waals surface area (Å²) >= 11 is 0. The number of anilines is 1. The van der Waals surface area contributed by atoms with Crippen LogP contribution in [0.15, 0.2) is 36.7 Å². The van der Waals surface area contributed by atoms with Crippen molar-refractivity contribution in [3.8, 4) is 0 Å². The summed E-state index contributed by atoms with van der Waals surface area (Å²) in [6.07, 6.45) is 5.47. The standard InChI is InChI=1S/C16H20N4O/c17-13-5-8-20(9-6-13)11-16(21)19-15-3-1-2-12-10-18-7-4-14(12)15/h1-4,7,10,13H,5-6,8-9,11,17H2,(H,19,21). The molecular formula is C16H20N4O. The summed E-state index contributed by atoms with van der Waals surface area (Å²) < 4.78 is 0. The third kappa shape index (κ3) is 3.37. The van der Waals surface area contributed by atoms with Gasteiger partial charge in [0.1, 0.15) is 0 Å². The second-order valence-electron chi connectivity index (χ2n) is 5.56. The lowest BCUT2D eigenvalue weighted by molar-refractivity contribution is -0.117. The second kappa shape index (κ2) is 6.20. The van der Waals surface area contributed by atoms with Gasteiger partial charge in [-0.15, -0.1) is 0 Å². The molecule has 1 fully saturated rings. The van der Waals surface area contributed by atoms with Gasteiger partial charge in [0.15, 0.2) is 0 Å². The van der Waals surface area contributed by atoms with Crippen molar-refractivity contribution in [2.24, 2.45) is 5.73 Å². The number of hydrogen-bond acceptors (Lipinski definition) is 4. The third-order valence-electron chi connectivity index (χ3n) is 3.95. The highest BCUT2D eigenvalue weighted by molar-refractivity contribution is 6.02. The van der Waals surface area contributed by atoms with E-state index < -0.39 is 0 Å². The molecule has 0 bridgehead atoms. The zero-order valence-corrected chi connectivity index (χ0v) is 12.0. The number of amides is 1. The maximum absolute atomic E-state index is 12.2. The minimum absolute atomic E-state index is 0.0229. The predicted molar refractivity (Wildman–Crippen MR) is 84.0 cm³/mol. The third-order valence-corrected chi connectivity index (χ3v) is 3.95. The Hall–Kier alpha value is -1.98. The van der Waals surface area contributed by atoms with Gasteiger partial charge in [-0.25, -0.2) is 0 Å². The van der Waals surface area contributed by atoms with Crippen LogP contribution in [0.25, 0.3) is 10.8 Å². The molecule has 1 amide bonds. The van der Waals surface area contributed by atoms with Crippen molar-refractivity contribution in [2.75, 3.05) is 25.0 Å². The van der Waals surface area contributed by atoms with Crippen LogP contribution >= 0.6 is 0 Å². The molecule has 2 aromatic rings. The largest absolute Gasteiger partial charge is 0.328 e. The van der Waals surface area contributed by atoms with E-state index in [1.54, 1.807) is 12.4 Å². The van der Waals surface area contributed by atoms with Gasteiger partial charge in [0, 0.05) is 48.0 Å². The van der Waals surface area contributed by atoms with E-state index in [-0.39, 0.29) is 11.9 Å². The van der Waals surface area contributed by atoms with Crippen molar-refractivity contribution in [2.45, 2.75) is 18.9 Å². The molecule has 1 saturated heterocycles. The summed E-state index contributed by atoms with van der Waals surface area (Å²) in [5, 5.41) is 5.05. The smallest absolute Gasteiger partial charge is 0.238 e. The summed E-state index contributed by atoms with van der Waals surface area (Å²) in [6.45, 7) is 2.22. The lowest BCUT2D eigenvalue weighted by Crippen LogP contribution is -2.43. The lowest BCUT2D eigenvalue weighted by atomic mass is 10.1. The van der Waals surface area contributed by atoms with E-state index in [1.165, 1.54) is 0 Å². The van der Waals surface area contributed by atoms with Crippen LogP contribution in [0.5, 0.6) is 0 Å². The predicted octanol–water partition coefficient (Wildman–Crippen LogP) is 1.60. The molecule has 0 radical (unpaired) electrons. The number of hydrogen-bond donors (Lipinski definition) is 2. The Morgan fingerprint density at radius 3 is 2.95 bits per heavy atom. The molecule has 110 valence electrons. The fourth-order valence-corrected chi connectivity index (χ4v) is 2.74. The molecule has 1 aromatic carbocycles. The molecule has 3 N–H and O–H groups in total. The molecule has 0 saturated carbocycles. The van der Waals surface area contributed by atoms with E-state index in [2.05, 4.69) is 15.2 Å². The van der Waals surface area contributed by atoms with Crippen LogP contribution in [0.4, 0.5) is 5.69 Å². The molecule has 5 heteroatoms. The summed E-state index contributed by atoms with van der Waals surface area (Å²) in [5.74, 6) is 0.0229. The topological polar surface area (TPSA) is 71.2 Å². The molecule has 2 heterocycles. The number of rotatable bonds is 3. The SMILES string of the molecule is NC1CCN(CC(=O)Nc2cccc3cnccc23)CC1. The summed E-state index contributed by atoms with van der Waals surface area (Å²) in [4.78, 5) is 18.5. The number of nitrogens with one attached hydrogen (secondary N) is 1. The van der Waals surface area contributed by atoms with Crippen LogP contribution in [-0.2, 0) is 4.79 Å². The summed E-state index contributed by atoms with van der Waals surface area (Å²) in [7, 11) is 0. The lowest BCUT2D eigenvalue weighted by Gasteiger charge is -2.29. The van der Waals surface area contributed by atoms with Crippen LogP contribution < -0.4 is 11.1 Å². The van der Waals surface area contributed by atoms with E-state index in [0.29, 0.717) is 6.54 Å². The van der Waals surface area contributed by atoms with E-state index >= 15 is 0 Å². The summed E-state index contributed by atoms with van der Waals surface area (Å²) in [6, 6.07) is 8.05. The number of pyridine rings is 1. The van der Waals surface area contributed by atoms with Crippen LogP contribution in [0.3, 0.4) is 0 Å². The Morgan fingerprint density at radius 1 is 1.33 bits per heavy atom. The maximum Gasteiger partial charge on any atom is 0.238 e. The molecule has 0 aliphatic carbocycles. The highest BCUT2D eigenvalue weighted by atomic mass is 16.2. The fourth-order valence-electron chi connectivity index (χ4n) is 2.74. The van der Waals surface area contributed by atoms with E-state index in [9.17, 15) is 4.79 Å². The van der Waals surface area contributed by atoms with E-state index in [1.807, 2.05) is 24.3 Å². The number of carbonyl (C=O) groups is 1. The van der Waals surface area contributed by atoms with Gasteiger partial charge in [-0.1, -0.05) is 12.1 Å². The zero-order valence-electron chi connectivity index (χ0n) is 12.0. The number of nitrogens with two attached hydrogens (primary N) is 1. The van der Waals surface area contributed by atoms with Gasteiger partial charge in [0.05, 0.1) is 6.54 Å². The van der Waals surface area contributed by atoms with Crippen LogP contribution in [-0.4, -0.2) is 41.5 Å². The molecule has 21 heavy (non-hydrogen) atoms.